The van der Waals surface area contributed by atoms with Crippen LogP contribution in [0.25, 0.3) is 0 Å². The topological polar surface area (TPSA) is 9.23 Å². The van der Waals surface area contributed by atoms with Crippen molar-refractivity contribution >= 4 is 12.9 Å². The summed E-state index contributed by atoms with van der Waals surface area (Å²) in [7, 11) is 0. The summed E-state index contributed by atoms with van der Waals surface area (Å²) >= 11 is 4.42. The molecule has 0 aliphatic heterocycles. The van der Waals surface area contributed by atoms with E-state index in [1.165, 1.54) is 11.1 Å². The van der Waals surface area contributed by atoms with Gasteiger partial charge in [0.05, 0.1) is 5.75 Å². The van der Waals surface area contributed by atoms with Gasteiger partial charge in [0.1, 0.15) is 0 Å². The minimum atomic E-state index is 0. The molecule has 3 heteroatoms. The Labute approximate surface area is 102 Å². The fraction of sp³-hybridized carbons (Fsp3) is 0.250. The van der Waals surface area contributed by atoms with Crippen LogP contribution in [0.3, 0.4) is 0 Å². The molecule has 0 heterocycles. The third-order valence-electron chi connectivity index (χ3n) is 1.57. The van der Waals surface area contributed by atoms with E-state index in [2.05, 4.69) is 24.0 Å². The monoisotopic (exact) mass is 322 g/mol. The third-order valence-corrected chi connectivity index (χ3v) is 1.77. The van der Waals surface area contributed by atoms with Gasteiger partial charge in [-0.2, -0.15) is 0 Å². The fourth-order valence-electron chi connectivity index (χ4n) is 0.766. The van der Waals surface area contributed by atoms with Crippen LogP contribution in [-0.4, -0.2) is 0 Å². The van der Waals surface area contributed by atoms with Crippen molar-refractivity contribution in [1.82, 2.24) is 0 Å². The van der Waals surface area contributed by atoms with Crippen molar-refractivity contribution < 1.29 is 41.1 Å². The van der Waals surface area contributed by atoms with Gasteiger partial charge in [-0.15, -0.1) is 0 Å². The first-order valence-electron chi connectivity index (χ1n) is 3.11. The Morgan fingerprint density at radius 3 is 2.27 bits per heavy atom. The second kappa shape index (κ2) is 5.28. The fourth-order valence-corrected chi connectivity index (χ4v) is 0.869. The van der Waals surface area contributed by atoms with Crippen LogP contribution in [0.2, 0.25) is 0 Å². The van der Waals surface area contributed by atoms with E-state index in [0.29, 0.717) is 0 Å². The van der Waals surface area contributed by atoms with E-state index in [-0.39, 0.29) is 36.9 Å². The molecule has 0 N–H and O–H groups in total. The Hall–Kier alpha value is 0.604. The van der Waals surface area contributed by atoms with E-state index < -0.39 is 0 Å². The van der Waals surface area contributed by atoms with Gasteiger partial charge in [0.25, 0.3) is 0 Å². The Morgan fingerprint density at radius 2 is 1.82 bits per heavy atom. The van der Waals surface area contributed by atoms with E-state index in [0.717, 1.165) is 5.75 Å². The number of rotatable bonds is 1. The molecule has 0 amide bonds. The molecule has 0 aromatic heterocycles. The predicted molar refractivity (Wildman–Crippen MR) is 43.9 cm³/mol. The van der Waals surface area contributed by atoms with E-state index in [4.69, 9.17) is 0 Å². The largest absolute Gasteiger partial charge is 0.641 e. The van der Waals surface area contributed by atoms with E-state index in [1.54, 1.807) is 0 Å². The SMILES string of the molecule is Cc1ccc(O[S-])cc1C.[Tm]. The smallest absolute Gasteiger partial charge is 0.0937 e. The van der Waals surface area contributed by atoms with Crippen molar-refractivity contribution in [2.45, 2.75) is 13.8 Å². The summed E-state index contributed by atoms with van der Waals surface area (Å²) in [5, 5.41) is 0. The van der Waals surface area contributed by atoms with Gasteiger partial charge in [-0.05, 0) is 37.1 Å². The summed E-state index contributed by atoms with van der Waals surface area (Å²) in [6, 6.07) is 5.80. The Morgan fingerprint density at radius 1 is 1.18 bits per heavy atom. The standard InChI is InChI=1S/C8H10OS.Tm/c1-6-3-4-8(9-10)5-7(6)2;/h3-5,10H,1-2H3;/p-1. The van der Waals surface area contributed by atoms with Crippen LogP contribution >= 0.6 is 0 Å². The minimum absolute atomic E-state index is 0. The molecule has 0 spiro atoms. The van der Waals surface area contributed by atoms with Gasteiger partial charge in [-0.1, -0.05) is 6.07 Å². The molecule has 11 heavy (non-hydrogen) atoms. The molecule has 0 aliphatic carbocycles. The maximum absolute atomic E-state index is 4.63. The zero-order chi connectivity index (χ0) is 7.56. The Kier molecular flexibility index (Phi) is 5.57. The molecule has 0 fully saturated rings. The number of hydrogen-bond acceptors (Lipinski definition) is 2. The average molecular weight is 322 g/mol. The summed E-state index contributed by atoms with van der Waals surface area (Å²) in [6.07, 6.45) is 0. The van der Waals surface area contributed by atoms with Gasteiger partial charge in [0.2, 0.25) is 0 Å². The van der Waals surface area contributed by atoms with Gasteiger partial charge < -0.3 is 17.1 Å². The molecule has 1 radical (unpaired) electrons. The molecule has 0 saturated carbocycles. The number of aryl methyl sites for hydroxylation is 2. The second-order valence-corrected chi connectivity index (χ2v) is 2.50. The molecule has 0 atom stereocenters. The molecule has 1 rings (SSSR count). The summed E-state index contributed by atoms with van der Waals surface area (Å²) in [6.45, 7) is 4.09. The van der Waals surface area contributed by atoms with E-state index >= 15 is 0 Å². The molecule has 0 bridgehead atoms. The van der Waals surface area contributed by atoms with Gasteiger partial charge in [-0.25, -0.2) is 0 Å². The quantitative estimate of drug-likeness (QED) is 0.733. The molecule has 0 aliphatic rings. The average Bonchev–Trinajstić information content (AvgIpc) is 1.95. The Bertz CT molecular complexity index is 238. The number of hydrogen-bond donors (Lipinski definition) is 0. The van der Waals surface area contributed by atoms with Crippen LogP contribution < -0.4 is 4.18 Å². The van der Waals surface area contributed by atoms with Crippen LogP contribution in [-0.2, 0) is 12.9 Å². The van der Waals surface area contributed by atoms with Crippen molar-refractivity contribution in [3.8, 4) is 5.75 Å². The van der Waals surface area contributed by atoms with Crippen molar-refractivity contribution in [1.29, 1.82) is 0 Å². The summed E-state index contributed by atoms with van der Waals surface area (Å²) < 4.78 is 4.63. The maximum atomic E-state index is 4.63. The third kappa shape index (κ3) is 3.22. The molecule has 0 unspecified atom stereocenters. The van der Waals surface area contributed by atoms with Crippen LogP contribution in [0.15, 0.2) is 18.2 Å². The first-order valence-corrected chi connectivity index (χ1v) is 3.44. The Balaban J connectivity index is 0.000001000. The van der Waals surface area contributed by atoms with Crippen molar-refractivity contribution in [2.24, 2.45) is 0 Å². The van der Waals surface area contributed by atoms with E-state index in [9.17, 15) is 0 Å². The zero-order valence-corrected chi connectivity index (χ0v) is 8.92. The normalized spacial score (nSPS) is 8.64. The first-order chi connectivity index (χ1) is 4.74. The molecule has 1 aromatic carbocycles. The summed E-state index contributed by atoms with van der Waals surface area (Å²) in [4.78, 5) is 0. The second-order valence-electron chi connectivity index (χ2n) is 2.33. The first kappa shape index (κ1) is 11.6. The van der Waals surface area contributed by atoms with Crippen molar-refractivity contribution in [3.05, 3.63) is 29.3 Å². The van der Waals surface area contributed by atoms with Gasteiger partial charge in [-0.3, -0.25) is 0 Å². The molecule has 1 nitrogen and oxygen atoms in total. The van der Waals surface area contributed by atoms with Crippen LogP contribution in [0, 0.1) is 50.7 Å². The van der Waals surface area contributed by atoms with Gasteiger partial charge in [0, 0.05) is 36.9 Å². The maximum Gasteiger partial charge on any atom is 0.0937 e. The predicted octanol–water partition coefficient (Wildman–Crippen LogP) is 2.14. The molecule has 67 valence electrons. The van der Waals surface area contributed by atoms with Crippen molar-refractivity contribution in [2.75, 3.05) is 0 Å². The summed E-state index contributed by atoms with van der Waals surface area (Å²) in [5.41, 5.74) is 2.47. The molecule has 0 saturated heterocycles. The van der Waals surface area contributed by atoms with Crippen LogP contribution in [0.1, 0.15) is 11.1 Å². The molecular formula is C8H9OSTm-. The summed E-state index contributed by atoms with van der Waals surface area (Å²) in [5.74, 6) is 0.748. The van der Waals surface area contributed by atoms with E-state index in [1.807, 2.05) is 25.1 Å². The zero-order valence-electron chi connectivity index (χ0n) is 6.33. The van der Waals surface area contributed by atoms with Crippen LogP contribution in [0.5, 0.6) is 5.75 Å². The minimum Gasteiger partial charge on any atom is -0.641 e. The van der Waals surface area contributed by atoms with Gasteiger partial charge in [0.15, 0.2) is 0 Å². The molecular weight excluding hydrogens is 313 g/mol. The van der Waals surface area contributed by atoms with Crippen molar-refractivity contribution in [3.63, 3.8) is 0 Å². The number of benzene rings is 1. The molecule has 1 aromatic rings. The van der Waals surface area contributed by atoms with Gasteiger partial charge >= 0.3 is 0 Å². The van der Waals surface area contributed by atoms with Crippen LogP contribution in [0.4, 0.5) is 0 Å².